The van der Waals surface area contributed by atoms with E-state index in [4.69, 9.17) is 0 Å². The van der Waals surface area contributed by atoms with E-state index in [0.29, 0.717) is 5.92 Å². The van der Waals surface area contributed by atoms with E-state index >= 15 is 0 Å². The number of hydrogen-bond donors (Lipinski definition) is 0. The van der Waals surface area contributed by atoms with Crippen molar-refractivity contribution < 1.29 is 4.39 Å². The molecule has 1 atom stereocenters. The standard InChI is InChI=1S/C6H12FP/c1-2-5-3-6(7,8)4-5/h5H,2-4,8H2,1H3. The second-order valence-corrected chi connectivity index (χ2v) is 3.75. The molecule has 48 valence electrons. The normalized spacial score (nSPS) is 46.1. The monoisotopic (exact) mass is 134 g/mol. The highest BCUT2D eigenvalue weighted by Crippen LogP contribution is 2.47. The molecule has 0 aromatic rings. The zero-order valence-electron chi connectivity index (χ0n) is 5.15. The zero-order chi connectivity index (χ0) is 6.20. The molecule has 0 N–H and O–H groups in total. The lowest BCUT2D eigenvalue weighted by Gasteiger charge is -2.37. The first-order chi connectivity index (χ1) is 3.64. The van der Waals surface area contributed by atoms with Crippen LogP contribution in [0.1, 0.15) is 26.2 Å². The maximum absolute atomic E-state index is 12.6. The molecule has 1 aliphatic carbocycles. The second-order valence-electron chi connectivity index (χ2n) is 2.72. The van der Waals surface area contributed by atoms with Crippen LogP contribution in [0.15, 0.2) is 0 Å². The smallest absolute Gasteiger partial charge is 0.124 e. The van der Waals surface area contributed by atoms with E-state index in [1.807, 2.05) is 0 Å². The quantitative estimate of drug-likeness (QED) is 0.483. The molecule has 1 fully saturated rings. The van der Waals surface area contributed by atoms with Crippen molar-refractivity contribution in [2.45, 2.75) is 31.6 Å². The molecule has 1 aliphatic rings. The van der Waals surface area contributed by atoms with Gasteiger partial charge < -0.3 is 0 Å². The molecule has 0 heterocycles. The lowest BCUT2D eigenvalue weighted by molar-refractivity contribution is 0.0929. The van der Waals surface area contributed by atoms with E-state index < -0.39 is 5.41 Å². The molecular formula is C6H12FP. The van der Waals surface area contributed by atoms with Crippen LogP contribution in [0.3, 0.4) is 0 Å². The molecule has 0 amide bonds. The van der Waals surface area contributed by atoms with Gasteiger partial charge in [-0.1, -0.05) is 22.6 Å². The van der Waals surface area contributed by atoms with Crippen LogP contribution in [0.4, 0.5) is 4.39 Å². The summed E-state index contributed by atoms with van der Waals surface area (Å²) in [6.07, 6.45) is 2.66. The molecular weight excluding hydrogens is 122 g/mol. The summed E-state index contributed by atoms with van der Waals surface area (Å²) >= 11 is 0. The van der Waals surface area contributed by atoms with Crippen molar-refractivity contribution in [3.05, 3.63) is 0 Å². The minimum atomic E-state index is -0.888. The van der Waals surface area contributed by atoms with Gasteiger partial charge in [0.1, 0.15) is 5.41 Å². The lowest BCUT2D eigenvalue weighted by atomic mass is 9.81. The average Bonchev–Trinajstić information content (AvgIpc) is 1.60. The molecule has 0 bridgehead atoms. The molecule has 0 nitrogen and oxygen atoms in total. The largest absolute Gasteiger partial charge is 0.240 e. The summed E-state index contributed by atoms with van der Waals surface area (Å²) in [4.78, 5) is 0. The van der Waals surface area contributed by atoms with Gasteiger partial charge in [-0.15, -0.1) is 0 Å². The highest BCUT2D eigenvalue weighted by Gasteiger charge is 2.39. The topological polar surface area (TPSA) is 0 Å². The van der Waals surface area contributed by atoms with E-state index in [2.05, 4.69) is 16.2 Å². The Morgan fingerprint density at radius 2 is 2.25 bits per heavy atom. The van der Waals surface area contributed by atoms with Gasteiger partial charge in [0.15, 0.2) is 0 Å². The van der Waals surface area contributed by atoms with Crippen LogP contribution in [0, 0.1) is 5.92 Å². The number of halogens is 1. The van der Waals surface area contributed by atoms with Crippen LogP contribution in [-0.4, -0.2) is 5.41 Å². The summed E-state index contributed by atoms with van der Waals surface area (Å²) in [6, 6.07) is 0. The molecule has 0 saturated heterocycles. The molecule has 0 spiro atoms. The molecule has 1 rings (SSSR count). The second kappa shape index (κ2) is 1.95. The van der Waals surface area contributed by atoms with Crippen LogP contribution in [-0.2, 0) is 0 Å². The molecule has 1 unspecified atom stereocenters. The van der Waals surface area contributed by atoms with E-state index in [9.17, 15) is 4.39 Å². The van der Waals surface area contributed by atoms with Gasteiger partial charge >= 0.3 is 0 Å². The van der Waals surface area contributed by atoms with E-state index in [0.717, 1.165) is 19.3 Å². The van der Waals surface area contributed by atoms with Gasteiger partial charge in [0.25, 0.3) is 0 Å². The van der Waals surface area contributed by atoms with Gasteiger partial charge in [-0.2, -0.15) is 0 Å². The predicted octanol–water partition coefficient (Wildman–Crippen LogP) is 2.35. The zero-order valence-corrected chi connectivity index (χ0v) is 6.31. The van der Waals surface area contributed by atoms with E-state index in [1.165, 1.54) is 0 Å². The summed E-state index contributed by atoms with van der Waals surface area (Å²) in [7, 11) is 2.26. The third kappa shape index (κ3) is 1.20. The minimum Gasteiger partial charge on any atom is -0.240 e. The van der Waals surface area contributed by atoms with Crippen molar-refractivity contribution in [1.29, 1.82) is 0 Å². The van der Waals surface area contributed by atoms with Crippen LogP contribution in [0.25, 0.3) is 0 Å². The third-order valence-electron chi connectivity index (χ3n) is 1.83. The van der Waals surface area contributed by atoms with Gasteiger partial charge in [0.05, 0.1) is 0 Å². The first-order valence-corrected chi connectivity index (χ1v) is 3.69. The van der Waals surface area contributed by atoms with E-state index in [-0.39, 0.29) is 0 Å². The van der Waals surface area contributed by atoms with Gasteiger partial charge in [0, 0.05) is 0 Å². The van der Waals surface area contributed by atoms with Crippen molar-refractivity contribution >= 4 is 9.24 Å². The first kappa shape index (κ1) is 6.48. The Labute approximate surface area is 52.1 Å². The summed E-state index contributed by atoms with van der Waals surface area (Å²) in [6.45, 7) is 2.12. The maximum atomic E-state index is 12.6. The fraction of sp³-hybridized carbons (Fsp3) is 1.00. The molecule has 0 aromatic carbocycles. The molecule has 0 radical (unpaired) electrons. The average molecular weight is 134 g/mol. The Morgan fingerprint density at radius 3 is 2.38 bits per heavy atom. The van der Waals surface area contributed by atoms with Crippen molar-refractivity contribution in [1.82, 2.24) is 0 Å². The summed E-state index contributed by atoms with van der Waals surface area (Å²) in [5, 5.41) is -0.888. The molecule has 8 heavy (non-hydrogen) atoms. The Bertz CT molecular complexity index is 82.5. The molecule has 0 aromatic heterocycles. The Hall–Kier alpha value is 0.360. The third-order valence-corrected chi connectivity index (χ3v) is 2.30. The SMILES string of the molecule is CCC1CC(F)(P)C1. The van der Waals surface area contributed by atoms with Crippen molar-refractivity contribution in [3.63, 3.8) is 0 Å². The van der Waals surface area contributed by atoms with Crippen LogP contribution < -0.4 is 0 Å². The number of hydrogen-bond acceptors (Lipinski definition) is 0. The van der Waals surface area contributed by atoms with Gasteiger partial charge in [0.2, 0.25) is 0 Å². The fourth-order valence-electron chi connectivity index (χ4n) is 1.19. The van der Waals surface area contributed by atoms with Crippen molar-refractivity contribution in [2.75, 3.05) is 0 Å². The highest BCUT2D eigenvalue weighted by molar-refractivity contribution is 7.18. The molecule has 0 aliphatic heterocycles. The lowest BCUT2D eigenvalue weighted by Crippen LogP contribution is -2.33. The predicted molar refractivity (Wildman–Crippen MR) is 36.6 cm³/mol. The van der Waals surface area contributed by atoms with Gasteiger partial charge in [-0.05, 0) is 18.8 Å². The summed E-state index contributed by atoms with van der Waals surface area (Å²) in [5.41, 5.74) is 0. The van der Waals surface area contributed by atoms with Crippen LogP contribution in [0.2, 0.25) is 0 Å². The van der Waals surface area contributed by atoms with Crippen molar-refractivity contribution in [3.8, 4) is 0 Å². The minimum absolute atomic E-state index is 0.664. The Balaban J connectivity index is 2.21. The Morgan fingerprint density at radius 1 is 1.75 bits per heavy atom. The highest BCUT2D eigenvalue weighted by atomic mass is 31.0. The number of rotatable bonds is 1. The van der Waals surface area contributed by atoms with Gasteiger partial charge in [-0.3, -0.25) is 0 Å². The molecule has 1 saturated carbocycles. The summed E-state index contributed by atoms with van der Waals surface area (Å²) in [5.74, 6) is 0.664. The first-order valence-electron chi connectivity index (χ1n) is 3.12. The number of alkyl halides is 1. The fourth-order valence-corrected chi connectivity index (χ4v) is 1.86. The van der Waals surface area contributed by atoms with Crippen LogP contribution >= 0.6 is 9.24 Å². The summed E-state index contributed by atoms with van der Waals surface area (Å²) < 4.78 is 12.6. The maximum Gasteiger partial charge on any atom is 0.124 e. The van der Waals surface area contributed by atoms with Crippen LogP contribution in [0.5, 0.6) is 0 Å². The van der Waals surface area contributed by atoms with Crippen molar-refractivity contribution in [2.24, 2.45) is 5.92 Å². The van der Waals surface area contributed by atoms with E-state index in [1.54, 1.807) is 0 Å². The molecule has 2 heteroatoms. The van der Waals surface area contributed by atoms with Gasteiger partial charge in [-0.25, -0.2) is 4.39 Å². The Kier molecular flexibility index (Phi) is 1.58.